The molecule has 0 aromatic carbocycles. The molecule has 3 heteroatoms. The molecule has 0 spiro atoms. The lowest BCUT2D eigenvalue weighted by atomic mass is 10.1. The Morgan fingerprint density at radius 3 is 2.00 bits per heavy atom. The SMILES string of the molecule is CCCCCCCCCCCCN1CCOC1=O. The molecule has 1 fully saturated rings. The molecule has 0 N–H and O–H groups in total. The Bertz CT molecular complexity index is 219. The smallest absolute Gasteiger partial charge is 0.409 e. The first-order valence-corrected chi connectivity index (χ1v) is 7.76. The molecule has 0 unspecified atom stereocenters. The number of carbonyl (C=O) groups is 1. The molecule has 18 heavy (non-hydrogen) atoms. The Kier molecular flexibility index (Phi) is 8.70. The summed E-state index contributed by atoms with van der Waals surface area (Å²) in [6, 6.07) is 0. The van der Waals surface area contributed by atoms with Gasteiger partial charge in [-0.3, -0.25) is 0 Å². The summed E-state index contributed by atoms with van der Waals surface area (Å²) in [7, 11) is 0. The van der Waals surface area contributed by atoms with Crippen molar-refractivity contribution in [3.05, 3.63) is 0 Å². The quantitative estimate of drug-likeness (QED) is 0.513. The maximum atomic E-state index is 11.2. The number of hydrogen-bond acceptors (Lipinski definition) is 2. The van der Waals surface area contributed by atoms with Crippen LogP contribution in [0.5, 0.6) is 0 Å². The minimum absolute atomic E-state index is 0.120. The largest absolute Gasteiger partial charge is 0.448 e. The second kappa shape index (κ2) is 10.2. The Morgan fingerprint density at radius 1 is 0.944 bits per heavy atom. The standard InChI is InChI=1S/C15H29NO2/c1-2-3-4-5-6-7-8-9-10-11-12-16-13-14-18-15(16)17/h2-14H2,1H3. The molecule has 0 radical (unpaired) electrons. The number of cyclic esters (lactones) is 1. The van der Waals surface area contributed by atoms with Crippen molar-refractivity contribution in [3.63, 3.8) is 0 Å². The minimum atomic E-state index is -0.120. The predicted octanol–water partition coefficient (Wildman–Crippen LogP) is 4.36. The van der Waals surface area contributed by atoms with Gasteiger partial charge in [0, 0.05) is 6.54 Å². The average molecular weight is 255 g/mol. The van der Waals surface area contributed by atoms with Gasteiger partial charge in [-0.15, -0.1) is 0 Å². The second-order valence-electron chi connectivity index (χ2n) is 5.28. The molecular weight excluding hydrogens is 226 g/mol. The van der Waals surface area contributed by atoms with E-state index >= 15 is 0 Å². The highest BCUT2D eigenvalue weighted by Gasteiger charge is 2.20. The van der Waals surface area contributed by atoms with Crippen molar-refractivity contribution in [2.75, 3.05) is 19.7 Å². The fourth-order valence-corrected chi connectivity index (χ4v) is 2.42. The van der Waals surface area contributed by atoms with Crippen molar-refractivity contribution in [2.24, 2.45) is 0 Å². The van der Waals surface area contributed by atoms with E-state index in [1.807, 2.05) is 4.90 Å². The van der Waals surface area contributed by atoms with Gasteiger partial charge in [-0.25, -0.2) is 4.79 Å². The van der Waals surface area contributed by atoms with Crippen molar-refractivity contribution in [1.82, 2.24) is 4.90 Å². The van der Waals surface area contributed by atoms with Crippen LogP contribution >= 0.6 is 0 Å². The summed E-state index contributed by atoms with van der Waals surface area (Å²) in [6.45, 7) is 4.51. The van der Waals surface area contributed by atoms with Crippen LogP contribution in [0.3, 0.4) is 0 Å². The lowest BCUT2D eigenvalue weighted by molar-refractivity contribution is 0.158. The number of carbonyl (C=O) groups excluding carboxylic acids is 1. The number of unbranched alkanes of at least 4 members (excludes halogenated alkanes) is 9. The van der Waals surface area contributed by atoms with Gasteiger partial charge in [0.05, 0.1) is 6.54 Å². The van der Waals surface area contributed by atoms with Gasteiger partial charge in [0.2, 0.25) is 0 Å². The molecule has 1 rings (SSSR count). The molecule has 1 heterocycles. The van der Waals surface area contributed by atoms with Crippen molar-refractivity contribution < 1.29 is 9.53 Å². The predicted molar refractivity (Wildman–Crippen MR) is 74.8 cm³/mol. The van der Waals surface area contributed by atoms with E-state index in [0.717, 1.165) is 19.5 Å². The van der Waals surface area contributed by atoms with Crippen LogP contribution < -0.4 is 0 Å². The molecule has 1 aliphatic rings. The molecule has 0 aliphatic carbocycles. The van der Waals surface area contributed by atoms with E-state index in [1.54, 1.807) is 0 Å². The van der Waals surface area contributed by atoms with Crippen LogP contribution in [0.1, 0.15) is 71.1 Å². The third-order valence-electron chi connectivity index (χ3n) is 3.63. The molecule has 3 nitrogen and oxygen atoms in total. The van der Waals surface area contributed by atoms with E-state index in [1.165, 1.54) is 57.8 Å². The zero-order valence-corrected chi connectivity index (χ0v) is 12.0. The number of nitrogens with zero attached hydrogens (tertiary/aromatic N) is 1. The Balaban J connectivity index is 1.77. The van der Waals surface area contributed by atoms with Gasteiger partial charge in [-0.1, -0.05) is 64.7 Å². The van der Waals surface area contributed by atoms with Crippen LogP contribution in [0.15, 0.2) is 0 Å². The van der Waals surface area contributed by atoms with Crippen LogP contribution in [0.25, 0.3) is 0 Å². The normalized spacial score (nSPS) is 15.2. The third kappa shape index (κ3) is 6.87. The second-order valence-corrected chi connectivity index (χ2v) is 5.28. The van der Waals surface area contributed by atoms with E-state index in [-0.39, 0.29) is 6.09 Å². The summed E-state index contributed by atoms with van der Waals surface area (Å²) in [5.41, 5.74) is 0. The van der Waals surface area contributed by atoms with Crippen LogP contribution in [-0.2, 0) is 4.74 Å². The van der Waals surface area contributed by atoms with Crippen LogP contribution in [0.4, 0.5) is 4.79 Å². The summed E-state index contributed by atoms with van der Waals surface area (Å²) < 4.78 is 4.89. The van der Waals surface area contributed by atoms with E-state index in [0.29, 0.717) is 6.61 Å². The van der Waals surface area contributed by atoms with Gasteiger partial charge in [-0.2, -0.15) is 0 Å². The zero-order valence-electron chi connectivity index (χ0n) is 12.0. The Morgan fingerprint density at radius 2 is 1.50 bits per heavy atom. The fraction of sp³-hybridized carbons (Fsp3) is 0.933. The molecule has 1 amide bonds. The summed E-state index contributed by atoms with van der Waals surface area (Å²) >= 11 is 0. The molecule has 1 aliphatic heterocycles. The van der Waals surface area contributed by atoms with E-state index in [2.05, 4.69) is 6.92 Å². The number of amides is 1. The average Bonchev–Trinajstić information content (AvgIpc) is 2.77. The maximum Gasteiger partial charge on any atom is 0.409 e. The molecule has 0 aromatic heterocycles. The summed E-state index contributed by atoms with van der Waals surface area (Å²) in [6.07, 6.45) is 13.3. The fourth-order valence-electron chi connectivity index (χ4n) is 2.42. The molecule has 0 atom stereocenters. The Labute approximate surface area is 112 Å². The summed E-state index contributed by atoms with van der Waals surface area (Å²) in [5.74, 6) is 0. The molecule has 0 bridgehead atoms. The van der Waals surface area contributed by atoms with Crippen molar-refractivity contribution >= 4 is 6.09 Å². The molecule has 106 valence electrons. The van der Waals surface area contributed by atoms with Crippen LogP contribution in [0.2, 0.25) is 0 Å². The number of hydrogen-bond donors (Lipinski definition) is 0. The van der Waals surface area contributed by atoms with Crippen LogP contribution in [0, 0.1) is 0 Å². The molecule has 0 aromatic rings. The van der Waals surface area contributed by atoms with Gasteiger partial charge in [0.1, 0.15) is 6.61 Å². The number of rotatable bonds is 11. The molecule has 0 saturated carbocycles. The number of ether oxygens (including phenoxy) is 1. The summed E-state index contributed by atoms with van der Waals surface area (Å²) in [4.78, 5) is 13.0. The highest BCUT2D eigenvalue weighted by Crippen LogP contribution is 2.11. The third-order valence-corrected chi connectivity index (χ3v) is 3.63. The van der Waals surface area contributed by atoms with E-state index in [4.69, 9.17) is 4.74 Å². The van der Waals surface area contributed by atoms with Gasteiger partial charge in [0.25, 0.3) is 0 Å². The topological polar surface area (TPSA) is 29.5 Å². The van der Waals surface area contributed by atoms with E-state index < -0.39 is 0 Å². The molecule has 1 saturated heterocycles. The highest BCUT2D eigenvalue weighted by atomic mass is 16.6. The van der Waals surface area contributed by atoms with Gasteiger partial charge in [0.15, 0.2) is 0 Å². The first kappa shape index (κ1) is 15.3. The van der Waals surface area contributed by atoms with Crippen molar-refractivity contribution in [2.45, 2.75) is 71.1 Å². The first-order valence-electron chi connectivity index (χ1n) is 7.76. The zero-order chi connectivity index (χ0) is 13.1. The Hall–Kier alpha value is -0.730. The lowest BCUT2D eigenvalue weighted by Crippen LogP contribution is -2.25. The van der Waals surface area contributed by atoms with Crippen molar-refractivity contribution in [1.29, 1.82) is 0 Å². The van der Waals surface area contributed by atoms with E-state index in [9.17, 15) is 4.79 Å². The lowest BCUT2D eigenvalue weighted by Gasteiger charge is -2.11. The van der Waals surface area contributed by atoms with Gasteiger partial charge < -0.3 is 9.64 Å². The van der Waals surface area contributed by atoms with Crippen LogP contribution in [-0.4, -0.2) is 30.7 Å². The first-order chi connectivity index (χ1) is 8.84. The monoisotopic (exact) mass is 255 g/mol. The van der Waals surface area contributed by atoms with Gasteiger partial charge >= 0.3 is 6.09 Å². The highest BCUT2D eigenvalue weighted by molar-refractivity contribution is 5.69. The molecular formula is C15H29NO2. The maximum absolute atomic E-state index is 11.2. The minimum Gasteiger partial charge on any atom is -0.448 e. The van der Waals surface area contributed by atoms with Gasteiger partial charge in [-0.05, 0) is 6.42 Å². The summed E-state index contributed by atoms with van der Waals surface area (Å²) in [5, 5.41) is 0. The van der Waals surface area contributed by atoms with Crippen molar-refractivity contribution in [3.8, 4) is 0 Å².